The van der Waals surface area contributed by atoms with Crippen LogP contribution in [-0.2, 0) is 16.2 Å². The molecule has 0 aliphatic heterocycles. The van der Waals surface area contributed by atoms with E-state index in [-0.39, 0.29) is 16.2 Å². The van der Waals surface area contributed by atoms with E-state index in [2.05, 4.69) is 67.3 Å². The first-order valence-electron chi connectivity index (χ1n) is 10.6. The molecule has 0 aliphatic carbocycles. The van der Waals surface area contributed by atoms with Crippen molar-refractivity contribution in [2.75, 3.05) is 0 Å². The summed E-state index contributed by atoms with van der Waals surface area (Å²) < 4.78 is 0. The van der Waals surface area contributed by atoms with Crippen LogP contribution in [0.3, 0.4) is 0 Å². The monoisotopic (exact) mass is 348 g/mol. The largest absolute Gasteiger partial charge is 0.345 e. The number of hydrogen-bond acceptors (Lipinski definition) is 1. The number of unbranched alkanes of at least 4 members (excludes halogenated alkanes) is 4. The summed E-state index contributed by atoms with van der Waals surface area (Å²) in [6.07, 6.45) is 10.2. The van der Waals surface area contributed by atoms with Gasteiger partial charge in [0, 0.05) is 21.9 Å². The number of aromatic nitrogens is 2. The molecule has 0 fully saturated rings. The van der Waals surface area contributed by atoms with Crippen molar-refractivity contribution in [2.45, 2.75) is 130 Å². The second kappa shape index (κ2) is 8.73. The summed E-state index contributed by atoms with van der Waals surface area (Å²) in [6.45, 7) is 20.9. The lowest BCUT2D eigenvalue weighted by Crippen LogP contribution is -2.24. The Morgan fingerprint density at radius 2 is 1.20 bits per heavy atom. The lowest BCUT2D eigenvalue weighted by molar-refractivity contribution is 0.416. The number of aromatic amines is 1. The van der Waals surface area contributed by atoms with Crippen LogP contribution in [0.1, 0.15) is 131 Å². The Morgan fingerprint density at radius 1 is 0.720 bits per heavy atom. The van der Waals surface area contributed by atoms with Gasteiger partial charge in [-0.1, -0.05) is 101 Å². The number of rotatable bonds is 10. The van der Waals surface area contributed by atoms with E-state index in [0.717, 1.165) is 0 Å². The lowest BCUT2D eigenvalue weighted by atomic mass is 9.78. The highest BCUT2D eigenvalue weighted by Gasteiger charge is 2.35. The molecule has 0 bridgehead atoms. The molecule has 1 rings (SSSR count). The number of H-pyrrole nitrogens is 1. The van der Waals surface area contributed by atoms with Crippen LogP contribution in [0.4, 0.5) is 0 Å². The van der Waals surface area contributed by atoms with E-state index in [9.17, 15) is 0 Å². The SMILES string of the molecule is CCCCCC(C)(C)c1nc(C(C)(C)C)c(C(C)(C)CCCCC)[nH]1. The van der Waals surface area contributed by atoms with Gasteiger partial charge in [0.25, 0.3) is 0 Å². The van der Waals surface area contributed by atoms with Gasteiger partial charge in [0.1, 0.15) is 5.82 Å². The molecule has 1 aromatic rings. The van der Waals surface area contributed by atoms with Crippen molar-refractivity contribution >= 4 is 0 Å². The smallest absolute Gasteiger partial charge is 0.112 e. The maximum absolute atomic E-state index is 5.17. The third-order valence-electron chi connectivity index (χ3n) is 5.54. The molecule has 0 spiro atoms. The first-order valence-corrected chi connectivity index (χ1v) is 10.6. The van der Waals surface area contributed by atoms with Gasteiger partial charge < -0.3 is 4.98 Å². The molecule has 146 valence electrons. The van der Waals surface area contributed by atoms with Gasteiger partial charge in [-0.2, -0.15) is 0 Å². The topological polar surface area (TPSA) is 28.7 Å². The predicted octanol–water partition coefficient (Wildman–Crippen LogP) is 7.42. The molecular formula is C23H44N2. The van der Waals surface area contributed by atoms with E-state index in [1.807, 2.05) is 0 Å². The summed E-state index contributed by atoms with van der Waals surface area (Å²) >= 11 is 0. The van der Waals surface area contributed by atoms with Gasteiger partial charge in [0.2, 0.25) is 0 Å². The van der Waals surface area contributed by atoms with Gasteiger partial charge in [-0.25, -0.2) is 4.98 Å². The van der Waals surface area contributed by atoms with Gasteiger partial charge in [0.15, 0.2) is 0 Å². The van der Waals surface area contributed by atoms with Crippen LogP contribution in [0.5, 0.6) is 0 Å². The summed E-state index contributed by atoms with van der Waals surface area (Å²) in [5.41, 5.74) is 2.99. The lowest BCUT2D eigenvalue weighted by Gasteiger charge is -2.28. The molecule has 0 saturated heterocycles. The van der Waals surface area contributed by atoms with E-state index in [1.54, 1.807) is 0 Å². The van der Waals surface area contributed by atoms with Crippen molar-refractivity contribution in [3.63, 3.8) is 0 Å². The molecule has 0 atom stereocenters. The Balaban J connectivity index is 3.18. The van der Waals surface area contributed by atoms with Crippen molar-refractivity contribution in [1.29, 1.82) is 0 Å². The zero-order valence-electron chi connectivity index (χ0n) is 18.6. The summed E-state index contributed by atoms with van der Waals surface area (Å²) in [6, 6.07) is 0. The van der Waals surface area contributed by atoms with Crippen LogP contribution in [0.15, 0.2) is 0 Å². The van der Waals surface area contributed by atoms with Crippen LogP contribution in [-0.4, -0.2) is 9.97 Å². The molecule has 0 saturated carbocycles. The number of hydrogen-bond donors (Lipinski definition) is 1. The van der Waals surface area contributed by atoms with E-state index in [4.69, 9.17) is 4.98 Å². The van der Waals surface area contributed by atoms with Crippen LogP contribution in [0.2, 0.25) is 0 Å². The fraction of sp³-hybridized carbons (Fsp3) is 0.870. The second-order valence-electron chi connectivity index (χ2n) is 10.2. The Labute approximate surface area is 157 Å². The zero-order chi connectivity index (χ0) is 19.3. The third-order valence-corrected chi connectivity index (χ3v) is 5.54. The Bertz CT molecular complexity index is 515. The van der Waals surface area contributed by atoms with Crippen molar-refractivity contribution in [3.05, 3.63) is 17.2 Å². The molecule has 0 amide bonds. The van der Waals surface area contributed by atoms with Gasteiger partial charge in [-0.05, 0) is 12.8 Å². The predicted molar refractivity (Wildman–Crippen MR) is 112 cm³/mol. The van der Waals surface area contributed by atoms with Crippen LogP contribution >= 0.6 is 0 Å². The Kier molecular flexibility index (Phi) is 7.77. The third kappa shape index (κ3) is 6.15. The molecule has 0 radical (unpaired) electrons. The fourth-order valence-corrected chi connectivity index (χ4v) is 3.60. The van der Waals surface area contributed by atoms with E-state index < -0.39 is 0 Å². The minimum Gasteiger partial charge on any atom is -0.345 e. The van der Waals surface area contributed by atoms with Gasteiger partial charge in [-0.3, -0.25) is 0 Å². The van der Waals surface area contributed by atoms with Crippen LogP contribution in [0, 0.1) is 0 Å². The minimum absolute atomic E-state index is 0.0750. The van der Waals surface area contributed by atoms with Crippen LogP contribution < -0.4 is 0 Å². The van der Waals surface area contributed by atoms with Crippen molar-refractivity contribution in [3.8, 4) is 0 Å². The summed E-state index contributed by atoms with van der Waals surface area (Å²) in [7, 11) is 0. The normalized spacial score (nSPS) is 13.5. The molecule has 2 heteroatoms. The van der Waals surface area contributed by atoms with E-state index in [0.29, 0.717) is 0 Å². The Morgan fingerprint density at radius 3 is 1.64 bits per heavy atom. The summed E-state index contributed by atoms with van der Waals surface area (Å²) in [4.78, 5) is 8.98. The van der Waals surface area contributed by atoms with E-state index in [1.165, 1.54) is 68.6 Å². The standard InChI is InChI=1S/C23H44N2/c1-10-12-14-16-22(6,7)19-18(21(3,4)5)24-20(25-19)23(8,9)17-15-13-11-2/h10-17H2,1-9H3,(H,24,25). The fourth-order valence-electron chi connectivity index (χ4n) is 3.60. The number of nitrogens with one attached hydrogen (secondary N) is 1. The molecule has 25 heavy (non-hydrogen) atoms. The maximum atomic E-state index is 5.17. The molecule has 2 nitrogen and oxygen atoms in total. The van der Waals surface area contributed by atoms with Crippen molar-refractivity contribution in [1.82, 2.24) is 9.97 Å². The summed E-state index contributed by atoms with van der Waals surface area (Å²) in [5, 5.41) is 0. The molecular weight excluding hydrogens is 304 g/mol. The molecule has 1 heterocycles. The molecule has 0 aromatic carbocycles. The quantitative estimate of drug-likeness (QED) is 0.438. The minimum atomic E-state index is 0.0750. The van der Waals surface area contributed by atoms with Crippen LogP contribution in [0.25, 0.3) is 0 Å². The highest BCUT2D eigenvalue weighted by atomic mass is 15.0. The van der Waals surface area contributed by atoms with Gasteiger partial charge >= 0.3 is 0 Å². The molecule has 0 aliphatic rings. The summed E-state index contributed by atoms with van der Waals surface area (Å²) in [5.74, 6) is 1.19. The van der Waals surface area contributed by atoms with E-state index >= 15 is 0 Å². The van der Waals surface area contributed by atoms with Gasteiger partial charge in [0.05, 0.1) is 5.69 Å². The first kappa shape index (κ1) is 22.3. The number of imidazole rings is 1. The molecule has 0 unspecified atom stereocenters. The van der Waals surface area contributed by atoms with Crippen molar-refractivity contribution in [2.24, 2.45) is 0 Å². The molecule has 1 aromatic heterocycles. The maximum Gasteiger partial charge on any atom is 0.112 e. The van der Waals surface area contributed by atoms with Gasteiger partial charge in [-0.15, -0.1) is 0 Å². The van der Waals surface area contributed by atoms with Crippen molar-refractivity contribution < 1.29 is 0 Å². The highest BCUT2D eigenvalue weighted by Crippen LogP contribution is 2.38. The first-order chi connectivity index (χ1) is 11.5. The highest BCUT2D eigenvalue weighted by molar-refractivity contribution is 5.30. The number of nitrogens with zero attached hydrogens (tertiary/aromatic N) is 1. The second-order valence-corrected chi connectivity index (χ2v) is 10.2. The average Bonchev–Trinajstić information content (AvgIpc) is 2.94. The zero-order valence-corrected chi connectivity index (χ0v) is 18.6. The Hall–Kier alpha value is -0.790. The molecule has 1 N–H and O–H groups in total. The average molecular weight is 349 g/mol.